The zero-order chi connectivity index (χ0) is 28.7. The van der Waals surface area contributed by atoms with E-state index in [1.807, 2.05) is 24.3 Å². The Balaban J connectivity index is 1.25. The van der Waals surface area contributed by atoms with Crippen LogP contribution in [-0.2, 0) is 6.18 Å². The first kappa shape index (κ1) is 26.4. The first-order valence-corrected chi connectivity index (χ1v) is 14.3. The summed E-state index contributed by atoms with van der Waals surface area (Å²) in [7, 11) is 0. The van der Waals surface area contributed by atoms with Gasteiger partial charge in [-0.3, -0.25) is 0 Å². The molecule has 0 bridgehead atoms. The minimum Gasteiger partial charge on any atom is -0.337 e. The highest BCUT2D eigenvalue weighted by atomic mass is 19.4. The van der Waals surface area contributed by atoms with E-state index < -0.39 is 11.7 Å². The van der Waals surface area contributed by atoms with E-state index in [0.29, 0.717) is 12.0 Å². The predicted molar refractivity (Wildman–Crippen MR) is 164 cm³/mol. The van der Waals surface area contributed by atoms with E-state index in [2.05, 4.69) is 94.0 Å². The Bertz CT molecular complexity index is 1630. The molecule has 1 saturated heterocycles. The summed E-state index contributed by atoms with van der Waals surface area (Å²) in [5.41, 5.74) is 7.99. The number of hydrogen-bond acceptors (Lipinski definition) is 3. The van der Waals surface area contributed by atoms with Gasteiger partial charge >= 0.3 is 6.18 Å². The summed E-state index contributed by atoms with van der Waals surface area (Å²) in [6.07, 6.45) is -3.31. The van der Waals surface area contributed by atoms with Crippen LogP contribution in [0.5, 0.6) is 0 Å². The second kappa shape index (κ2) is 10.7. The molecular formula is C36H30F3N3. The van der Waals surface area contributed by atoms with Gasteiger partial charge in [-0.15, -0.1) is 0 Å². The Morgan fingerprint density at radius 3 is 1.86 bits per heavy atom. The number of halogens is 3. The average molecular weight is 562 g/mol. The lowest BCUT2D eigenvalue weighted by molar-refractivity contribution is -0.137. The van der Waals surface area contributed by atoms with Gasteiger partial charge in [0, 0.05) is 46.9 Å². The van der Waals surface area contributed by atoms with E-state index in [9.17, 15) is 13.2 Å². The summed E-state index contributed by atoms with van der Waals surface area (Å²) < 4.78 is 39.1. The Kier molecular flexibility index (Phi) is 6.71. The van der Waals surface area contributed by atoms with Gasteiger partial charge in [-0.05, 0) is 96.4 Å². The molecule has 2 aliphatic rings. The fraction of sp³-hybridized carbons (Fsp3) is 0.167. The van der Waals surface area contributed by atoms with Crippen LogP contribution in [0, 0.1) is 0 Å². The van der Waals surface area contributed by atoms with Crippen molar-refractivity contribution in [3.63, 3.8) is 0 Å². The van der Waals surface area contributed by atoms with Gasteiger partial charge in [0.05, 0.1) is 5.56 Å². The second-order valence-electron chi connectivity index (χ2n) is 10.9. The van der Waals surface area contributed by atoms with Crippen LogP contribution < -0.4 is 15.1 Å². The SMILES string of the molecule is FC(F)(F)c1ccc(-c2ccc(N3c4ccc(N(c5ccccc5)c5ccccc5)cc4C4CNCCC43)cc2)cc1. The van der Waals surface area contributed by atoms with Crippen molar-refractivity contribution in [1.29, 1.82) is 0 Å². The van der Waals surface area contributed by atoms with E-state index in [0.717, 1.165) is 65.5 Å². The molecule has 2 heterocycles. The normalized spacial score (nSPS) is 17.9. The second-order valence-corrected chi connectivity index (χ2v) is 10.9. The van der Waals surface area contributed by atoms with Crippen molar-refractivity contribution in [2.24, 2.45) is 0 Å². The van der Waals surface area contributed by atoms with Crippen LogP contribution in [0.25, 0.3) is 11.1 Å². The maximum absolute atomic E-state index is 13.0. The van der Waals surface area contributed by atoms with Crippen molar-refractivity contribution >= 4 is 28.4 Å². The van der Waals surface area contributed by atoms with Gasteiger partial charge in [-0.1, -0.05) is 60.7 Å². The Labute approximate surface area is 243 Å². The van der Waals surface area contributed by atoms with Crippen LogP contribution in [0.4, 0.5) is 41.6 Å². The Morgan fingerprint density at radius 1 is 0.667 bits per heavy atom. The van der Waals surface area contributed by atoms with Crippen LogP contribution >= 0.6 is 0 Å². The van der Waals surface area contributed by atoms with Crippen molar-refractivity contribution in [1.82, 2.24) is 5.32 Å². The third-order valence-corrected chi connectivity index (χ3v) is 8.43. The molecule has 1 N–H and O–H groups in total. The standard InChI is InChI=1S/C36H30F3N3/c37-36(38,39)27-15-11-25(12-16-27)26-13-17-30(18-14-26)42-34-20-19-31(23-32(34)33-24-40-22-21-35(33)42)41(28-7-3-1-4-8-28)29-9-5-2-6-10-29/h1-20,23,33,35,40H,21-22,24H2. The van der Waals surface area contributed by atoms with Gasteiger partial charge in [0.25, 0.3) is 0 Å². The molecule has 3 nitrogen and oxygen atoms in total. The van der Waals surface area contributed by atoms with Crippen LogP contribution in [0.2, 0.25) is 0 Å². The number of fused-ring (bicyclic) bond motifs is 3. The molecule has 5 aromatic carbocycles. The third kappa shape index (κ3) is 4.82. The number of anilines is 5. The molecule has 210 valence electrons. The highest BCUT2D eigenvalue weighted by Crippen LogP contribution is 2.49. The molecule has 0 saturated carbocycles. The van der Waals surface area contributed by atoms with Crippen molar-refractivity contribution in [2.75, 3.05) is 22.9 Å². The van der Waals surface area contributed by atoms with Gasteiger partial charge < -0.3 is 15.1 Å². The predicted octanol–water partition coefficient (Wildman–Crippen LogP) is 9.44. The Morgan fingerprint density at radius 2 is 1.26 bits per heavy atom. The largest absolute Gasteiger partial charge is 0.416 e. The van der Waals surface area contributed by atoms with Crippen molar-refractivity contribution < 1.29 is 13.2 Å². The smallest absolute Gasteiger partial charge is 0.337 e. The van der Waals surface area contributed by atoms with Crippen molar-refractivity contribution in [3.05, 3.63) is 139 Å². The molecular weight excluding hydrogens is 531 g/mol. The van der Waals surface area contributed by atoms with Crippen LogP contribution in [0.1, 0.15) is 23.5 Å². The summed E-state index contributed by atoms with van der Waals surface area (Å²) in [5, 5.41) is 3.61. The summed E-state index contributed by atoms with van der Waals surface area (Å²) in [5.74, 6) is 0.344. The molecule has 2 atom stereocenters. The van der Waals surface area contributed by atoms with E-state index >= 15 is 0 Å². The number of hydrogen-bond donors (Lipinski definition) is 1. The minimum absolute atomic E-state index is 0.329. The van der Waals surface area contributed by atoms with Gasteiger partial charge in [0.1, 0.15) is 0 Å². The number of piperidine rings is 1. The number of para-hydroxylation sites is 2. The van der Waals surface area contributed by atoms with E-state index in [1.165, 1.54) is 11.3 Å². The van der Waals surface area contributed by atoms with Gasteiger partial charge in [-0.25, -0.2) is 0 Å². The maximum Gasteiger partial charge on any atom is 0.416 e. The van der Waals surface area contributed by atoms with Gasteiger partial charge in [0.2, 0.25) is 0 Å². The van der Waals surface area contributed by atoms with Gasteiger partial charge in [-0.2, -0.15) is 13.2 Å². The summed E-state index contributed by atoms with van der Waals surface area (Å²) in [4.78, 5) is 4.75. The van der Waals surface area contributed by atoms with E-state index in [1.54, 1.807) is 12.1 Å². The molecule has 6 heteroatoms. The molecule has 0 spiro atoms. The monoisotopic (exact) mass is 561 g/mol. The maximum atomic E-state index is 13.0. The van der Waals surface area contributed by atoms with E-state index in [-0.39, 0.29) is 0 Å². The van der Waals surface area contributed by atoms with Crippen molar-refractivity contribution in [2.45, 2.75) is 24.6 Å². The van der Waals surface area contributed by atoms with E-state index in [4.69, 9.17) is 0 Å². The summed E-state index contributed by atoms with van der Waals surface area (Å²) in [6, 6.07) is 41.6. The molecule has 42 heavy (non-hydrogen) atoms. The lowest BCUT2D eigenvalue weighted by Gasteiger charge is -2.34. The molecule has 2 aliphatic heterocycles. The van der Waals surface area contributed by atoms with Crippen LogP contribution in [0.3, 0.4) is 0 Å². The first-order valence-electron chi connectivity index (χ1n) is 14.3. The lowest BCUT2D eigenvalue weighted by Crippen LogP contribution is -2.42. The topological polar surface area (TPSA) is 18.5 Å². The highest BCUT2D eigenvalue weighted by molar-refractivity contribution is 5.82. The fourth-order valence-electron chi connectivity index (χ4n) is 6.45. The quantitative estimate of drug-likeness (QED) is 0.231. The molecule has 5 aromatic rings. The number of rotatable bonds is 5. The average Bonchev–Trinajstić information content (AvgIpc) is 3.36. The first-order chi connectivity index (χ1) is 20.5. The lowest BCUT2D eigenvalue weighted by atomic mass is 9.90. The molecule has 0 radical (unpaired) electrons. The highest BCUT2D eigenvalue weighted by Gasteiger charge is 2.41. The zero-order valence-electron chi connectivity index (χ0n) is 22.9. The van der Waals surface area contributed by atoms with Crippen LogP contribution in [-0.4, -0.2) is 19.1 Å². The van der Waals surface area contributed by atoms with Gasteiger partial charge in [0.15, 0.2) is 0 Å². The molecule has 0 aliphatic carbocycles. The minimum atomic E-state index is -4.34. The molecule has 7 rings (SSSR count). The molecule has 0 aromatic heterocycles. The number of nitrogens with zero attached hydrogens (tertiary/aromatic N) is 2. The Hall–Kier alpha value is -4.55. The molecule has 1 fully saturated rings. The van der Waals surface area contributed by atoms with Crippen molar-refractivity contribution in [3.8, 4) is 11.1 Å². The number of nitrogens with one attached hydrogen (secondary N) is 1. The zero-order valence-corrected chi connectivity index (χ0v) is 22.9. The molecule has 2 unspecified atom stereocenters. The summed E-state index contributed by atoms with van der Waals surface area (Å²) in [6.45, 7) is 1.88. The molecule has 0 amide bonds. The number of benzene rings is 5. The third-order valence-electron chi connectivity index (χ3n) is 8.43. The number of alkyl halides is 3. The summed E-state index contributed by atoms with van der Waals surface area (Å²) >= 11 is 0. The fourth-order valence-corrected chi connectivity index (χ4v) is 6.45. The van der Waals surface area contributed by atoms with Crippen LogP contribution in [0.15, 0.2) is 127 Å².